The van der Waals surface area contributed by atoms with Crippen LogP contribution in [-0.4, -0.2) is 11.6 Å². The van der Waals surface area contributed by atoms with Crippen molar-refractivity contribution in [3.63, 3.8) is 0 Å². The molecule has 14 heavy (non-hydrogen) atoms. The van der Waals surface area contributed by atoms with E-state index in [0.29, 0.717) is 0 Å². The molecule has 0 aliphatic rings. The van der Waals surface area contributed by atoms with E-state index in [9.17, 15) is 4.79 Å². The fourth-order valence-electron chi connectivity index (χ4n) is 1.07. The first-order chi connectivity index (χ1) is 6.59. The van der Waals surface area contributed by atoms with Crippen LogP contribution in [0.5, 0.6) is 0 Å². The smallest absolute Gasteiger partial charge is 0.211 e. The molecule has 0 N–H and O–H groups in total. The number of carbonyl (C=O) groups excluding carboxylic acids is 1. The van der Waals surface area contributed by atoms with Crippen LogP contribution in [0.25, 0.3) is 0 Å². The van der Waals surface area contributed by atoms with Crippen LogP contribution >= 0.6 is 23.2 Å². The standard InChI is InChI=1S/C10H9Cl2NO/c1-10(12,9(11)13-7-14)8-5-3-2-4-6-8/h2-6,9H,1H3. The van der Waals surface area contributed by atoms with Crippen molar-refractivity contribution in [3.05, 3.63) is 35.9 Å². The van der Waals surface area contributed by atoms with E-state index in [1.807, 2.05) is 30.3 Å². The summed E-state index contributed by atoms with van der Waals surface area (Å²) < 4.78 is 0. The predicted molar refractivity (Wildman–Crippen MR) is 57.4 cm³/mol. The lowest BCUT2D eigenvalue weighted by Gasteiger charge is -2.23. The fourth-order valence-corrected chi connectivity index (χ4v) is 1.41. The second-order valence-corrected chi connectivity index (χ2v) is 4.20. The number of nitrogens with zero attached hydrogens (tertiary/aromatic N) is 1. The van der Waals surface area contributed by atoms with E-state index in [2.05, 4.69) is 4.99 Å². The minimum Gasteiger partial charge on any atom is -0.211 e. The zero-order chi connectivity index (χ0) is 10.6. The molecule has 0 radical (unpaired) electrons. The maximum atomic E-state index is 10.1. The Bertz CT molecular complexity index is 344. The third-order valence-corrected chi connectivity index (χ3v) is 3.02. The number of hydrogen-bond donors (Lipinski definition) is 0. The van der Waals surface area contributed by atoms with Crippen molar-refractivity contribution in [2.24, 2.45) is 4.99 Å². The van der Waals surface area contributed by atoms with Crippen LogP contribution in [0.2, 0.25) is 0 Å². The van der Waals surface area contributed by atoms with Crippen LogP contribution in [0.3, 0.4) is 0 Å². The van der Waals surface area contributed by atoms with Gasteiger partial charge in [-0.1, -0.05) is 41.9 Å². The molecule has 0 saturated carbocycles. The number of alkyl halides is 2. The van der Waals surface area contributed by atoms with Gasteiger partial charge in [0.1, 0.15) is 4.87 Å². The summed E-state index contributed by atoms with van der Waals surface area (Å²) in [6.07, 6.45) is 1.40. The van der Waals surface area contributed by atoms with E-state index in [1.54, 1.807) is 6.92 Å². The molecule has 0 saturated heterocycles. The van der Waals surface area contributed by atoms with Crippen molar-refractivity contribution in [1.82, 2.24) is 0 Å². The molecule has 0 bridgehead atoms. The number of isocyanates is 1. The van der Waals surface area contributed by atoms with Gasteiger partial charge in [0.25, 0.3) is 0 Å². The van der Waals surface area contributed by atoms with Crippen LogP contribution in [-0.2, 0) is 9.67 Å². The Morgan fingerprint density at radius 3 is 2.50 bits per heavy atom. The molecule has 74 valence electrons. The van der Waals surface area contributed by atoms with Crippen LogP contribution in [0.15, 0.2) is 35.3 Å². The van der Waals surface area contributed by atoms with Gasteiger partial charge in [0.2, 0.25) is 6.08 Å². The molecule has 0 aromatic heterocycles. The highest BCUT2D eigenvalue weighted by molar-refractivity contribution is 6.32. The number of hydrogen-bond acceptors (Lipinski definition) is 2. The number of aliphatic imine (C=N–C) groups is 1. The van der Waals surface area contributed by atoms with Crippen molar-refractivity contribution in [2.45, 2.75) is 17.3 Å². The van der Waals surface area contributed by atoms with E-state index in [4.69, 9.17) is 23.2 Å². The third kappa shape index (κ3) is 2.36. The molecular weight excluding hydrogens is 221 g/mol. The van der Waals surface area contributed by atoms with Gasteiger partial charge in [-0.05, 0) is 12.5 Å². The van der Waals surface area contributed by atoms with Gasteiger partial charge in [0, 0.05) is 0 Å². The van der Waals surface area contributed by atoms with E-state index in [1.165, 1.54) is 6.08 Å². The van der Waals surface area contributed by atoms with Crippen molar-refractivity contribution >= 4 is 29.3 Å². The molecular formula is C10H9Cl2NO. The summed E-state index contributed by atoms with van der Waals surface area (Å²) in [5, 5.41) is 0. The quantitative estimate of drug-likeness (QED) is 0.339. The SMILES string of the molecule is CC(Cl)(c1ccccc1)C(Cl)N=C=O. The van der Waals surface area contributed by atoms with Crippen LogP contribution in [0.4, 0.5) is 0 Å². The molecule has 1 aromatic carbocycles. The Kier molecular flexibility index (Phi) is 3.70. The highest BCUT2D eigenvalue weighted by atomic mass is 35.5. The monoisotopic (exact) mass is 229 g/mol. The topological polar surface area (TPSA) is 29.4 Å². The maximum Gasteiger partial charge on any atom is 0.236 e. The number of halogens is 2. The first-order valence-electron chi connectivity index (χ1n) is 4.04. The summed E-state index contributed by atoms with van der Waals surface area (Å²) in [5.41, 5.74) is 0.00438. The second kappa shape index (κ2) is 4.61. The zero-order valence-electron chi connectivity index (χ0n) is 7.58. The summed E-state index contributed by atoms with van der Waals surface area (Å²) in [6, 6.07) is 9.25. The highest BCUT2D eigenvalue weighted by Crippen LogP contribution is 2.35. The Morgan fingerprint density at radius 1 is 1.43 bits per heavy atom. The highest BCUT2D eigenvalue weighted by Gasteiger charge is 2.32. The minimum absolute atomic E-state index is 0.816. The molecule has 2 nitrogen and oxygen atoms in total. The van der Waals surface area contributed by atoms with Gasteiger partial charge in [0.05, 0.1) is 0 Å². The summed E-state index contributed by atoms with van der Waals surface area (Å²) in [7, 11) is 0. The van der Waals surface area contributed by atoms with Gasteiger partial charge >= 0.3 is 0 Å². The summed E-state index contributed by atoms with van der Waals surface area (Å²) in [6.45, 7) is 1.71. The molecule has 4 heteroatoms. The largest absolute Gasteiger partial charge is 0.236 e. The lowest BCUT2D eigenvalue weighted by atomic mass is 10.0. The minimum atomic E-state index is -0.889. The molecule has 0 spiro atoms. The Labute approximate surface area is 92.6 Å². The number of rotatable bonds is 3. The molecule has 0 heterocycles. The Morgan fingerprint density at radius 2 is 2.00 bits per heavy atom. The van der Waals surface area contributed by atoms with E-state index < -0.39 is 10.4 Å². The lowest BCUT2D eigenvalue weighted by molar-refractivity contribution is 0.554. The lowest BCUT2D eigenvalue weighted by Crippen LogP contribution is -2.24. The van der Waals surface area contributed by atoms with Crippen molar-refractivity contribution in [1.29, 1.82) is 0 Å². The van der Waals surface area contributed by atoms with E-state index in [-0.39, 0.29) is 0 Å². The van der Waals surface area contributed by atoms with E-state index in [0.717, 1.165) is 5.56 Å². The molecule has 1 aromatic rings. The number of benzene rings is 1. The van der Waals surface area contributed by atoms with Gasteiger partial charge in [0.15, 0.2) is 5.50 Å². The fraction of sp³-hybridized carbons (Fsp3) is 0.300. The summed E-state index contributed by atoms with van der Waals surface area (Å²) >= 11 is 12.0. The Balaban J connectivity index is 3.01. The molecule has 1 rings (SSSR count). The molecule has 2 unspecified atom stereocenters. The first-order valence-corrected chi connectivity index (χ1v) is 4.86. The maximum absolute atomic E-state index is 10.1. The Hall–Kier alpha value is -0.820. The van der Waals surface area contributed by atoms with Crippen molar-refractivity contribution < 1.29 is 4.79 Å². The van der Waals surface area contributed by atoms with Gasteiger partial charge in [-0.15, -0.1) is 11.6 Å². The van der Waals surface area contributed by atoms with E-state index >= 15 is 0 Å². The van der Waals surface area contributed by atoms with Crippen LogP contribution in [0, 0.1) is 0 Å². The van der Waals surface area contributed by atoms with Crippen molar-refractivity contribution in [2.75, 3.05) is 0 Å². The zero-order valence-corrected chi connectivity index (χ0v) is 9.09. The van der Waals surface area contributed by atoms with Gasteiger partial charge in [-0.2, -0.15) is 4.99 Å². The first kappa shape index (κ1) is 11.3. The molecule has 0 aliphatic carbocycles. The third-order valence-electron chi connectivity index (χ3n) is 1.95. The molecule has 0 amide bonds. The summed E-state index contributed by atoms with van der Waals surface area (Å²) in [5.74, 6) is 0. The van der Waals surface area contributed by atoms with Crippen LogP contribution < -0.4 is 0 Å². The van der Waals surface area contributed by atoms with Gasteiger partial charge < -0.3 is 0 Å². The second-order valence-electron chi connectivity index (χ2n) is 3.00. The van der Waals surface area contributed by atoms with Crippen LogP contribution in [0.1, 0.15) is 12.5 Å². The molecule has 2 atom stereocenters. The molecule has 0 aliphatic heterocycles. The average Bonchev–Trinajstić information content (AvgIpc) is 2.19. The average molecular weight is 230 g/mol. The normalized spacial score (nSPS) is 16.5. The van der Waals surface area contributed by atoms with Crippen molar-refractivity contribution in [3.8, 4) is 0 Å². The summed E-state index contributed by atoms with van der Waals surface area (Å²) in [4.78, 5) is 12.6. The van der Waals surface area contributed by atoms with Gasteiger partial charge in [-0.25, -0.2) is 4.79 Å². The molecule has 0 fully saturated rings. The predicted octanol–water partition coefficient (Wildman–Crippen LogP) is 3.04. The van der Waals surface area contributed by atoms with Gasteiger partial charge in [-0.3, -0.25) is 0 Å².